The molecule has 2 aromatic carbocycles. The van der Waals surface area contributed by atoms with Gasteiger partial charge in [0.1, 0.15) is 11.6 Å². The molecule has 132 valence electrons. The van der Waals surface area contributed by atoms with Gasteiger partial charge in [0.15, 0.2) is 0 Å². The van der Waals surface area contributed by atoms with Crippen LogP contribution in [0.4, 0.5) is 10.2 Å². The Morgan fingerprint density at radius 1 is 1.04 bits per heavy atom. The molecule has 0 aliphatic heterocycles. The molecule has 3 aromatic rings. The largest absolute Gasteiger partial charge is 0.366 e. The number of nitrogens with one attached hydrogen (secondary N) is 2. The van der Waals surface area contributed by atoms with Crippen molar-refractivity contribution in [3.8, 4) is 0 Å². The number of hydrogen-bond acceptors (Lipinski definition) is 3. The molecule has 0 aliphatic carbocycles. The minimum absolute atomic E-state index is 0.225. The van der Waals surface area contributed by atoms with Crippen molar-refractivity contribution < 1.29 is 9.18 Å². The van der Waals surface area contributed by atoms with E-state index in [1.165, 1.54) is 12.1 Å². The third-order valence-electron chi connectivity index (χ3n) is 3.81. The fourth-order valence-electron chi connectivity index (χ4n) is 2.38. The van der Waals surface area contributed by atoms with Crippen LogP contribution in [0.5, 0.6) is 0 Å². The van der Waals surface area contributed by atoms with Crippen LogP contribution < -0.4 is 10.6 Å². The van der Waals surface area contributed by atoms with Crippen LogP contribution in [0, 0.1) is 5.82 Å². The summed E-state index contributed by atoms with van der Waals surface area (Å²) in [6.07, 6.45) is 1.57. The Bertz CT molecular complexity index is 900. The quantitative estimate of drug-likeness (QED) is 0.676. The monoisotopic (exact) mass is 369 g/mol. The first-order valence-electron chi connectivity index (χ1n) is 8.08. The summed E-state index contributed by atoms with van der Waals surface area (Å²) in [5.74, 6) is 0.0558. The van der Waals surface area contributed by atoms with Crippen LogP contribution in [0.15, 0.2) is 66.9 Å². The van der Waals surface area contributed by atoms with Crippen LogP contribution in [0.1, 0.15) is 21.5 Å². The maximum atomic E-state index is 12.9. The molecule has 0 saturated carbocycles. The Morgan fingerprint density at radius 3 is 2.58 bits per heavy atom. The summed E-state index contributed by atoms with van der Waals surface area (Å²) in [7, 11) is 0. The molecule has 0 saturated heterocycles. The number of aromatic nitrogens is 1. The van der Waals surface area contributed by atoms with Crippen molar-refractivity contribution in [2.24, 2.45) is 0 Å². The van der Waals surface area contributed by atoms with Crippen molar-refractivity contribution in [3.05, 3.63) is 94.4 Å². The third-order valence-corrected chi connectivity index (χ3v) is 4.17. The van der Waals surface area contributed by atoms with Gasteiger partial charge in [0.25, 0.3) is 5.91 Å². The predicted molar refractivity (Wildman–Crippen MR) is 101 cm³/mol. The van der Waals surface area contributed by atoms with Crippen molar-refractivity contribution in [3.63, 3.8) is 0 Å². The van der Waals surface area contributed by atoms with Crippen molar-refractivity contribution >= 4 is 23.3 Å². The van der Waals surface area contributed by atoms with Gasteiger partial charge in [-0.15, -0.1) is 0 Å². The molecule has 2 N–H and O–H groups in total. The van der Waals surface area contributed by atoms with Gasteiger partial charge in [-0.2, -0.15) is 0 Å². The van der Waals surface area contributed by atoms with E-state index in [-0.39, 0.29) is 11.7 Å². The van der Waals surface area contributed by atoms with E-state index in [1.807, 2.05) is 24.3 Å². The van der Waals surface area contributed by atoms with E-state index in [2.05, 4.69) is 15.6 Å². The molecule has 0 atom stereocenters. The van der Waals surface area contributed by atoms with Gasteiger partial charge >= 0.3 is 0 Å². The Hall–Kier alpha value is -2.92. The number of halogens is 2. The molecule has 6 heteroatoms. The molecule has 0 fully saturated rings. The maximum Gasteiger partial charge on any atom is 0.251 e. The van der Waals surface area contributed by atoms with Crippen LogP contribution in [-0.2, 0) is 13.1 Å². The van der Waals surface area contributed by atoms with Crippen molar-refractivity contribution in [1.29, 1.82) is 0 Å². The zero-order valence-corrected chi connectivity index (χ0v) is 14.6. The van der Waals surface area contributed by atoms with Gasteiger partial charge in [0.05, 0.1) is 0 Å². The van der Waals surface area contributed by atoms with Gasteiger partial charge in [0, 0.05) is 29.9 Å². The second-order valence-electron chi connectivity index (χ2n) is 5.68. The molecule has 1 amide bonds. The van der Waals surface area contributed by atoms with Gasteiger partial charge in [-0.3, -0.25) is 4.79 Å². The molecule has 1 aromatic heterocycles. The summed E-state index contributed by atoms with van der Waals surface area (Å²) in [4.78, 5) is 16.5. The minimum atomic E-state index is -0.302. The normalized spacial score (nSPS) is 10.4. The summed E-state index contributed by atoms with van der Waals surface area (Å²) >= 11 is 6.13. The number of rotatable bonds is 6. The minimum Gasteiger partial charge on any atom is -0.366 e. The Morgan fingerprint density at radius 2 is 1.81 bits per heavy atom. The summed E-state index contributed by atoms with van der Waals surface area (Å²) in [6.45, 7) is 0.831. The van der Waals surface area contributed by atoms with E-state index in [4.69, 9.17) is 11.6 Å². The van der Waals surface area contributed by atoms with E-state index >= 15 is 0 Å². The van der Waals surface area contributed by atoms with E-state index in [9.17, 15) is 9.18 Å². The first-order valence-corrected chi connectivity index (χ1v) is 8.45. The molecule has 0 radical (unpaired) electrons. The Labute approximate surface area is 156 Å². The van der Waals surface area contributed by atoms with Gasteiger partial charge in [-0.25, -0.2) is 9.37 Å². The smallest absolute Gasteiger partial charge is 0.251 e. The van der Waals surface area contributed by atoms with E-state index in [1.54, 1.807) is 30.5 Å². The lowest BCUT2D eigenvalue weighted by atomic mass is 10.2. The summed E-state index contributed by atoms with van der Waals surface area (Å²) in [6, 6.07) is 16.9. The van der Waals surface area contributed by atoms with Gasteiger partial charge < -0.3 is 10.6 Å². The topological polar surface area (TPSA) is 54.0 Å². The number of carbonyl (C=O) groups excluding carboxylic acids is 1. The van der Waals surface area contributed by atoms with E-state index in [0.29, 0.717) is 29.5 Å². The maximum absolute atomic E-state index is 12.9. The number of anilines is 1. The molecular weight excluding hydrogens is 353 g/mol. The lowest BCUT2D eigenvalue weighted by Gasteiger charge is -2.09. The van der Waals surface area contributed by atoms with Crippen molar-refractivity contribution in [2.45, 2.75) is 13.1 Å². The Balaban J connectivity index is 1.60. The Kier molecular flexibility index (Phi) is 5.81. The van der Waals surface area contributed by atoms with Crippen LogP contribution in [0.3, 0.4) is 0 Å². The highest BCUT2D eigenvalue weighted by Crippen LogP contribution is 2.16. The number of amides is 1. The second kappa shape index (κ2) is 8.45. The summed E-state index contributed by atoms with van der Waals surface area (Å²) in [5.41, 5.74) is 2.26. The molecule has 0 spiro atoms. The molecule has 0 unspecified atom stereocenters. The molecular formula is C20H17ClFN3O. The molecule has 4 nitrogen and oxygen atoms in total. The zero-order valence-electron chi connectivity index (χ0n) is 13.9. The standard InChI is InChI=1S/C20H17ClFN3O/c21-18-4-2-1-3-16(18)13-24-19-11-15(9-10-23-19)20(26)25-12-14-5-7-17(22)8-6-14/h1-11H,12-13H2,(H,23,24)(H,25,26). The summed E-state index contributed by atoms with van der Waals surface area (Å²) in [5, 5.41) is 6.64. The van der Waals surface area contributed by atoms with Crippen LogP contribution in [0.25, 0.3) is 0 Å². The molecule has 26 heavy (non-hydrogen) atoms. The molecule has 1 heterocycles. The number of pyridine rings is 1. The first-order chi connectivity index (χ1) is 12.6. The number of nitrogens with zero attached hydrogens (tertiary/aromatic N) is 1. The summed E-state index contributed by atoms with van der Waals surface area (Å²) < 4.78 is 12.9. The van der Waals surface area contributed by atoms with E-state index < -0.39 is 0 Å². The lowest BCUT2D eigenvalue weighted by Crippen LogP contribution is -2.23. The second-order valence-corrected chi connectivity index (χ2v) is 6.09. The molecule has 0 bridgehead atoms. The average Bonchev–Trinajstić information content (AvgIpc) is 2.67. The number of benzene rings is 2. The molecule has 0 aliphatic rings. The first kappa shape index (κ1) is 17.9. The van der Waals surface area contributed by atoms with Crippen LogP contribution in [-0.4, -0.2) is 10.9 Å². The van der Waals surface area contributed by atoms with Crippen molar-refractivity contribution in [2.75, 3.05) is 5.32 Å². The fourth-order valence-corrected chi connectivity index (χ4v) is 2.59. The lowest BCUT2D eigenvalue weighted by molar-refractivity contribution is 0.0951. The number of hydrogen-bond donors (Lipinski definition) is 2. The van der Waals surface area contributed by atoms with Crippen LogP contribution >= 0.6 is 11.6 Å². The fraction of sp³-hybridized carbons (Fsp3) is 0.100. The van der Waals surface area contributed by atoms with Gasteiger partial charge in [-0.05, 0) is 41.5 Å². The predicted octanol–water partition coefficient (Wildman–Crippen LogP) is 4.42. The van der Waals surface area contributed by atoms with Crippen LogP contribution in [0.2, 0.25) is 5.02 Å². The number of carbonyl (C=O) groups is 1. The van der Waals surface area contributed by atoms with E-state index in [0.717, 1.165) is 11.1 Å². The highest BCUT2D eigenvalue weighted by atomic mass is 35.5. The molecule has 3 rings (SSSR count). The third kappa shape index (κ3) is 4.80. The van der Waals surface area contributed by atoms with Crippen molar-refractivity contribution in [1.82, 2.24) is 10.3 Å². The average molecular weight is 370 g/mol. The zero-order chi connectivity index (χ0) is 18.4. The highest BCUT2D eigenvalue weighted by molar-refractivity contribution is 6.31. The van der Waals surface area contributed by atoms with Gasteiger partial charge in [-0.1, -0.05) is 41.9 Å². The highest BCUT2D eigenvalue weighted by Gasteiger charge is 2.07. The SMILES string of the molecule is O=C(NCc1ccc(F)cc1)c1ccnc(NCc2ccccc2Cl)c1. The van der Waals surface area contributed by atoms with Gasteiger partial charge in [0.2, 0.25) is 0 Å².